The van der Waals surface area contributed by atoms with E-state index >= 15 is 0 Å². The summed E-state index contributed by atoms with van der Waals surface area (Å²) in [4.78, 5) is 47.9. The Hall–Kier alpha value is -3.46. The van der Waals surface area contributed by atoms with E-state index in [-0.39, 0.29) is 17.0 Å². The third kappa shape index (κ3) is 4.36. The first kappa shape index (κ1) is 20.8. The molecule has 0 aliphatic carbocycles. The number of amides is 1. The number of hydrogen-bond donors (Lipinski definition) is 2. The maximum atomic E-state index is 12.5. The van der Waals surface area contributed by atoms with Crippen molar-refractivity contribution < 1.29 is 4.79 Å². The third-order valence-corrected chi connectivity index (χ3v) is 5.68. The number of piperazine rings is 1. The zero-order valence-electron chi connectivity index (χ0n) is 17.7. The predicted octanol–water partition coefficient (Wildman–Crippen LogP) is 0.627. The summed E-state index contributed by atoms with van der Waals surface area (Å²) >= 11 is 0. The van der Waals surface area contributed by atoms with Crippen LogP contribution in [-0.4, -0.2) is 58.4 Å². The molecule has 3 aromatic rings. The Bertz CT molecular complexity index is 1210. The van der Waals surface area contributed by atoms with Crippen LogP contribution in [0.15, 0.2) is 46.2 Å². The van der Waals surface area contributed by atoms with E-state index in [1.54, 1.807) is 31.6 Å². The first-order chi connectivity index (χ1) is 15.0. The second kappa shape index (κ2) is 8.73. The van der Waals surface area contributed by atoms with E-state index in [1.165, 1.54) is 4.40 Å². The number of hydrogen-bond acceptors (Lipinski definition) is 6. The van der Waals surface area contributed by atoms with Gasteiger partial charge in [0, 0.05) is 57.6 Å². The molecule has 9 nitrogen and oxygen atoms in total. The second-order valence-electron chi connectivity index (χ2n) is 7.66. The lowest BCUT2D eigenvalue weighted by Gasteiger charge is -2.36. The van der Waals surface area contributed by atoms with Crippen LogP contribution in [0, 0.1) is 0 Å². The van der Waals surface area contributed by atoms with Gasteiger partial charge in [-0.25, -0.2) is 4.98 Å². The maximum Gasteiger partial charge on any atom is 0.269 e. The number of aromatic amines is 1. The second-order valence-corrected chi connectivity index (χ2v) is 7.66. The molecule has 0 radical (unpaired) electrons. The highest BCUT2D eigenvalue weighted by Crippen LogP contribution is 2.17. The Balaban J connectivity index is 1.43. The molecule has 0 saturated carbocycles. The molecule has 1 aliphatic heterocycles. The van der Waals surface area contributed by atoms with Gasteiger partial charge in [0.2, 0.25) is 0 Å². The van der Waals surface area contributed by atoms with Crippen molar-refractivity contribution in [3.8, 4) is 0 Å². The van der Waals surface area contributed by atoms with Crippen molar-refractivity contribution in [2.24, 2.45) is 0 Å². The zero-order valence-corrected chi connectivity index (χ0v) is 17.7. The van der Waals surface area contributed by atoms with Gasteiger partial charge in [-0.05, 0) is 30.2 Å². The highest BCUT2D eigenvalue weighted by Gasteiger charge is 2.18. The molecule has 4 rings (SSSR count). The van der Waals surface area contributed by atoms with Gasteiger partial charge in [-0.3, -0.25) is 23.7 Å². The van der Waals surface area contributed by atoms with E-state index in [9.17, 15) is 14.4 Å². The van der Waals surface area contributed by atoms with Crippen LogP contribution in [0.1, 0.15) is 28.5 Å². The van der Waals surface area contributed by atoms with E-state index < -0.39 is 0 Å². The Kier molecular flexibility index (Phi) is 5.85. The van der Waals surface area contributed by atoms with Crippen LogP contribution in [0.2, 0.25) is 0 Å². The SMILES string of the molecule is CCc1cn2c(=O)cc(CN3CCN(c4ccc(C(=O)NC)nc4)CC3)cc2[nH]c1=O. The Labute approximate surface area is 179 Å². The molecule has 2 N–H and O–H groups in total. The molecule has 0 aromatic carbocycles. The van der Waals surface area contributed by atoms with Crippen LogP contribution in [0.4, 0.5) is 5.69 Å². The number of carbonyl (C=O) groups excluding carboxylic acids is 1. The molecule has 162 valence electrons. The predicted molar refractivity (Wildman–Crippen MR) is 119 cm³/mol. The van der Waals surface area contributed by atoms with Crippen LogP contribution in [0.25, 0.3) is 5.65 Å². The number of H-pyrrole nitrogens is 1. The van der Waals surface area contributed by atoms with Gasteiger partial charge in [-0.1, -0.05) is 6.92 Å². The number of aromatic nitrogens is 3. The minimum absolute atomic E-state index is 0.139. The zero-order chi connectivity index (χ0) is 22.0. The smallest absolute Gasteiger partial charge is 0.269 e. The van der Waals surface area contributed by atoms with Gasteiger partial charge < -0.3 is 15.2 Å². The van der Waals surface area contributed by atoms with Crippen molar-refractivity contribution in [1.82, 2.24) is 24.6 Å². The summed E-state index contributed by atoms with van der Waals surface area (Å²) in [5, 5.41) is 2.57. The van der Waals surface area contributed by atoms with Gasteiger partial charge >= 0.3 is 0 Å². The Morgan fingerprint density at radius 1 is 1.16 bits per heavy atom. The summed E-state index contributed by atoms with van der Waals surface area (Å²) in [5.41, 5.74) is 3.09. The molecule has 1 fully saturated rings. The topological polar surface area (TPSA) is 103 Å². The molecule has 31 heavy (non-hydrogen) atoms. The van der Waals surface area contributed by atoms with Crippen molar-refractivity contribution in [3.05, 3.63) is 74.2 Å². The summed E-state index contributed by atoms with van der Waals surface area (Å²) in [6.07, 6.45) is 3.93. The number of rotatable bonds is 5. The Morgan fingerprint density at radius 2 is 1.94 bits per heavy atom. The van der Waals surface area contributed by atoms with Crippen LogP contribution >= 0.6 is 0 Å². The fraction of sp³-hybridized carbons (Fsp3) is 0.364. The molecular weight excluding hydrogens is 396 g/mol. The van der Waals surface area contributed by atoms with Gasteiger partial charge in [0.1, 0.15) is 11.3 Å². The van der Waals surface area contributed by atoms with E-state index in [0.717, 1.165) is 37.4 Å². The lowest BCUT2D eigenvalue weighted by molar-refractivity contribution is 0.0958. The molecule has 4 heterocycles. The molecule has 9 heteroatoms. The lowest BCUT2D eigenvalue weighted by Crippen LogP contribution is -2.46. The van der Waals surface area contributed by atoms with Crippen molar-refractivity contribution in [1.29, 1.82) is 0 Å². The van der Waals surface area contributed by atoms with Crippen molar-refractivity contribution in [2.45, 2.75) is 19.9 Å². The highest BCUT2D eigenvalue weighted by atomic mass is 16.2. The average Bonchev–Trinajstić information content (AvgIpc) is 2.79. The number of pyridine rings is 2. The van der Waals surface area contributed by atoms with Crippen LogP contribution in [-0.2, 0) is 13.0 Å². The van der Waals surface area contributed by atoms with Gasteiger partial charge in [0.15, 0.2) is 0 Å². The number of fused-ring (bicyclic) bond motifs is 1. The van der Waals surface area contributed by atoms with Crippen LogP contribution in [0.3, 0.4) is 0 Å². The fourth-order valence-electron chi connectivity index (χ4n) is 3.88. The largest absolute Gasteiger partial charge is 0.368 e. The van der Waals surface area contributed by atoms with Crippen LogP contribution in [0.5, 0.6) is 0 Å². The van der Waals surface area contributed by atoms with Gasteiger partial charge in [-0.15, -0.1) is 0 Å². The quantitative estimate of drug-likeness (QED) is 0.625. The maximum absolute atomic E-state index is 12.5. The van der Waals surface area contributed by atoms with E-state index in [2.05, 4.69) is 25.1 Å². The van der Waals surface area contributed by atoms with Gasteiger partial charge in [0.05, 0.1) is 11.9 Å². The van der Waals surface area contributed by atoms with Gasteiger partial charge in [-0.2, -0.15) is 0 Å². The molecule has 0 unspecified atom stereocenters. The monoisotopic (exact) mass is 422 g/mol. The molecule has 0 bridgehead atoms. The molecule has 1 amide bonds. The highest BCUT2D eigenvalue weighted by molar-refractivity contribution is 5.92. The van der Waals surface area contributed by atoms with Crippen molar-refractivity contribution >= 4 is 17.2 Å². The van der Waals surface area contributed by atoms with Gasteiger partial charge in [0.25, 0.3) is 17.0 Å². The first-order valence-corrected chi connectivity index (χ1v) is 10.4. The number of nitrogens with zero attached hydrogens (tertiary/aromatic N) is 4. The third-order valence-electron chi connectivity index (χ3n) is 5.68. The molecule has 1 saturated heterocycles. The van der Waals surface area contributed by atoms with E-state index in [0.29, 0.717) is 29.9 Å². The normalized spacial score (nSPS) is 14.7. The molecule has 1 aliphatic rings. The van der Waals surface area contributed by atoms with E-state index in [4.69, 9.17) is 0 Å². The van der Waals surface area contributed by atoms with Crippen LogP contribution < -0.4 is 21.3 Å². The number of nitrogens with one attached hydrogen (secondary N) is 2. The average molecular weight is 422 g/mol. The molecule has 0 spiro atoms. The summed E-state index contributed by atoms with van der Waals surface area (Å²) in [6.45, 7) is 5.85. The standard InChI is InChI=1S/C22H26N6O3/c1-3-16-14-28-19(25-21(16)30)10-15(11-20(28)29)13-26-6-8-27(9-7-26)17-4-5-18(24-12-17)22(31)23-2/h4-5,10-12,14H,3,6-9,13H2,1-2H3,(H,23,31)(H,25,30). The molecule has 3 aromatic heterocycles. The summed E-state index contributed by atoms with van der Waals surface area (Å²) < 4.78 is 1.50. The summed E-state index contributed by atoms with van der Waals surface area (Å²) in [6, 6.07) is 7.15. The number of carbonyl (C=O) groups is 1. The Morgan fingerprint density at radius 3 is 2.58 bits per heavy atom. The van der Waals surface area contributed by atoms with Crippen molar-refractivity contribution in [3.63, 3.8) is 0 Å². The molecule has 0 atom stereocenters. The van der Waals surface area contributed by atoms with Crippen molar-refractivity contribution in [2.75, 3.05) is 38.1 Å². The summed E-state index contributed by atoms with van der Waals surface area (Å²) in [5.74, 6) is -0.199. The lowest BCUT2D eigenvalue weighted by atomic mass is 10.2. The minimum atomic E-state index is -0.199. The van der Waals surface area contributed by atoms with E-state index in [1.807, 2.05) is 19.1 Å². The fourth-order valence-corrected chi connectivity index (χ4v) is 3.88. The molecular formula is C22H26N6O3. The number of aryl methyl sites for hydroxylation is 1. The number of anilines is 1. The minimum Gasteiger partial charge on any atom is -0.368 e. The summed E-state index contributed by atoms with van der Waals surface area (Å²) in [7, 11) is 1.58. The first-order valence-electron chi connectivity index (χ1n) is 10.4.